The first-order valence-electron chi connectivity index (χ1n) is 8.62. The molecule has 5 atom stereocenters. The fourth-order valence-electron chi connectivity index (χ4n) is 5.08. The molecule has 2 saturated carbocycles. The van der Waals surface area contributed by atoms with Crippen LogP contribution in [0.4, 0.5) is 0 Å². The van der Waals surface area contributed by atoms with Crippen LogP contribution >= 0.6 is 0 Å². The Hall–Kier alpha value is -0.790. The Morgan fingerprint density at radius 2 is 2.00 bits per heavy atom. The SMILES string of the molecule is CC(C)[C@@H]1CC[C@@H](C)C23CC=C(OC(=O)C(C)(C)C)C2C13. The van der Waals surface area contributed by atoms with E-state index in [-0.39, 0.29) is 5.97 Å². The molecule has 118 valence electrons. The molecule has 0 N–H and O–H groups in total. The van der Waals surface area contributed by atoms with Gasteiger partial charge < -0.3 is 4.74 Å². The molecule has 0 aliphatic heterocycles. The van der Waals surface area contributed by atoms with Gasteiger partial charge in [0.15, 0.2) is 0 Å². The molecule has 0 heterocycles. The third-order valence-electron chi connectivity index (χ3n) is 6.40. The number of hydrogen-bond donors (Lipinski definition) is 0. The van der Waals surface area contributed by atoms with Crippen molar-refractivity contribution in [2.75, 3.05) is 0 Å². The summed E-state index contributed by atoms with van der Waals surface area (Å²) in [5.74, 6) is 4.52. The molecule has 3 rings (SSSR count). The number of ether oxygens (including phenoxy) is 1. The molecule has 0 aromatic heterocycles. The fourth-order valence-corrected chi connectivity index (χ4v) is 5.08. The number of allylic oxidation sites excluding steroid dienone is 2. The number of fused-ring (bicyclic) bond motifs is 1. The average molecular weight is 290 g/mol. The highest BCUT2D eigenvalue weighted by Crippen LogP contribution is 2.78. The van der Waals surface area contributed by atoms with Gasteiger partial charge in [0.25, 0.3) is 0 Å². The standard InChI is InChI=1S/C19H30O2/c1-11(2)13-8-7-12(3)19-10-9-14(16(19)15(13)19)21-17(20)18(4,5)6/h9,11-13,15-16H,7-8,10H2,1-6H3/t12-,13+,15?,16?,19?/m1/s1. The van der Waals surface area contributed by atoms with E-state index in [1.165, 1.54) is 12.8 Å². The molecule has 0 aromatic rings. The minimum atomic E-state index is -0.417. The molecule has 3 unspecified atom stereocenters. The van der Waals surface area contributed by atoms with E-state index in [1.54, 1.807) is 0 Å². The monoisotopic (exact) mass is 290 g/mol. The van der Waals surface area contributed by atoms with Crippen LogP contribution < -0.4 is 0 Å². The van der Waals surface area contributed by atoms with Crippen LogP contribution in [0, 0.1) is 40.4 Å². The van der Waals surface area contributed by atoms with E-state index in [0.717, 1.165) is 35.9 Å². The predicted octanol–water partition coefficient (Wildman–Crippen LogP) is 4.80. The minimum Gasteiger partial charge on any atom is -0.431 e. The van der Waals surface area contributed by atoms with Gasteiger partial charge in [-0.25, -0.2) is 0 Å². The van der Waals surface area contributed by atoms with Crippen molar-refractivity contribution in [3.8, 4) is 0 Å². The van der Waals surface area contributed by atoms with Gasteiger partial charge in [0.05, 0.1) is 5.41 Å². The van der Waals surface area contributed by atoms with E-state index in [9.17, 15) is 4.79 Å². The number of carbonyl (C=O) groups excluding carboxylic acids is 1. The van der Waals surface area contributed by atoms with Crippen LogP contribution in [0.2, 0.25) is 0 Å². The van der Waals surface area contributed by atoms with Crippen LogP contribution in [-0.2, 0) is 9.53 Å². The second kappa shape index (κ2) is 4.60. The lowest BCUT2D eigenvalue weighted by Crippen LogP contribution is -2.27. The maximum atomic E-state index is 12.2. The number of esters is 1. The zero-order valence-electron chi connectivity index (χ0n) is 14.4. The summed E-state index contributed by atoms with van der Waals surface area (Å²) in [5, 5.41) is 0. The number of hydrogen-bond acceptors (Lipinski definition) is 2. The normalized spacial score (nSPS) is 41.4. The molecular formula is C19H30O2. The van der Waals surface area contributed by atoms with Crippen molar-refractivity contribution >= 4 is 5.97 Å². The van der Waals surface area contributed by atoms with Crippen LogP contribution in [0.15, 0.2) is 11.8 Å². The van der Waals surface area contributed by atoms with Gasteiger partial charge in [-0.3, -0.25) is 4.79 Å². The van der Waals surface area contributed by atoms with E-state index < -0.39 is 5.41 Å². The second-order valence-electron chi connectivity index (χ2n) is 8.95. The molecule has 0 aromatic carbocycles. The first-order chi connectivity index (χ1) is 9.69. The molecule has 3 aliphatic carbocycles. The number of carbonyl (C=O) groups is 1. The maximum absolute atomic E-state index is 12.2. The molecule has 0 amide bonds. The summed E-state index contributed by atoms with van der Waals surface area (Å²) in [6.45, 7) is 12.9. The van der Waals surface area contributed by atoms with Crippen molar-refractivity contribution in [2.24, 2.45) is 40.4 Å². The lowest BCUT2D eigenvalue weighted by molar-refractivity contribution is -0.149. The van der Waals surface area contributed by atoms with Crippen LogP contribution in [0.25, 0.3) is 0 Å². The molecular weight excluding hydrogens is 260 g/mol. The minimum absolute atomic E-state index is 0.0804. The van der Waals surface area contributed by atoms with E-state index in [1.807, 2.05) is 20.8 Å². The summed E-state index contributed by atoms with van der Waals surface area (Å²) in [7, 11) is 0. The van der Waals surface area contributed by atoms with Crippen molar-refractivity contribution in [3.05, 3.63) is 11.8 Å². The lowest BCUT2D eigenvalue weighted by Gasteiger charge is -2.35. The van der Waals surface area contributed by atoms with E-state index >= 15 is 0 Å². The summed E-state index contributed by atoms with van der Waals surface area (Å²) in [6.07, 6.45) is 6.02. The smallest absolute Gasteiger partial charge is 0.316 e. The summed E-state index contributed by atoms with van der Waals surface area (Å²) < 4.78 is 5.81. The van der Waals surface area contributed by atoms with Crippen LogP contribution in [0.3, 0.4) is 0 Å². The first-order valence-corrected chi connectivity index (χ1v) is 8.62. The van der Waals surface area contributed by atoms with Gasteiger partial charge in [-0.2, -0.15) is 0 Å². The van der Waals surface area contributed by atoms with E-state index in [0.29, 0.717) is 11.3 Å². The molecule has 0 radical (unpaired) electrons. The van der Waals surface area contributed by atoms with Gasteiger partial charge in [-0.1, -0.05) is 20.8 Å². The second-order valence-corrected chi connectivity index (χ2v) is 8.95. The summed E-state index contributed by atoms with van der Waals surface area (Å²) >= 11 is 0. The Balaban J connectivity index is 1.79. The van der Waals surface area contributed by atoms with Crippen molar-refractivity contribution < 1.29 is 9.53 Å². The van der Waals surface area contributed by atoms with Crippen LogP contribution in [0.1, 0.15) is 60.8 Å². The zero-order chi connectivity index (χ0) is 15.6. The van der Waals surface area contributed by atoms with Gasteiger partial charge in [-0.15, -0.1) is 0 Å². The summed E-state index contributed by atoms with van der Waals surface area (Å²) in [4.78, 5) is 12.2. The van der Waals surface area contributed by atoms with Gasteiger partial charge in [0, 0.05) is 5.92 Å². The summed E-state index contributed by atoms with van der Waals surface area (Å²) in [5.41, 5.74) is 0.0143. The largest absolute Gasteiger partial charge is 0.431 e. The molecule has 3 aliphatic rings. The summed E-state index contributed by atoms with van der Waals surface area (Å²) in [6, 6.07) is 0. The molecule has 21 heavy (non-hydrogen) atoms. The molecule has 0 saturated heterocycles. The highest BCUT2D eigenvalue weighted by atomic mass is 16.5. The Morgan fingerprint density at radius 1 is 1.33 bits per heavy atom. The quantitative estimate of drug-likeness (QED) is 0.683. The predicted molar refractivity (Wildman–Crippen MR) is 84.4 cm³/mol. The third-order valence-corrected chi connectivity index (χ3v) is 6.40. The van der Waals surface area contributed by atoms with Gasteiger partial charge in [0.1, 0.15) is 5.76 Å². The van der Waals surface area contributed by atoms with Crippen molar-refractivity contribution in [1.29, 1.82) is 0 Å². The molecule has 0 bridgehead atoms. The molecule has 2 fully saturated rings. The van der Waals surface area contributed by atoms with Crippen LogP contribution in [-0.4, -0.2) is 5.97 Å². The molecule has 2 nitrogen and oxygen atoms in total. The van der Waals surface area contributed by atoms with E-state index in [2.05, 4.69) is 26.8 Å². The Labute approximate surface area is 129 Å². The van der Waals surface area contributed by atoms with Crippen molar-refractivity contribution in [2.45, 2.75) is 60.8 Å². The maximum Gasteiger partial charge on any atom is 0.316 e. The molecule has 2 heteroatoms. The van der Waals surface area contributed by atoms with Crippen LogP contribution in [0.5, 0.6) is 0 Å². The highest BCUT2D eigenvalue weighted by Gasteiger charge is 2.74. The Kier molecular flexibility index (Phi) is 3.31. The van der Waals surface area contributed by atoms with Crippen molar-refractivity contribution in [3.63, 3.8) is 0 Å². The zero-order valence-corrected chi connectivity index (χ0v) is 14.4. The van der Waals surface area contributed by atoms with E-state index in [4.69, 9.17) is 4.74 Å². The van der Waals surface area contributed by atoms with Gasteiger partial charge in [-0.05, 0) is 75.2 Å². The van der Waals surface area contributed by atoms with Gasteiger partial charge >= 0.3 is 5.97 Å². The Bertz CT molecular complexity index is 482. The third kappa shape index (κ3) is 2.09. The number of rotatable bonds is 2. The topological polar surface area (TPSA) is 26.3 Å². The van der Waals surface area contributed by atoms with Crippen molar-refractivity contribution in [1.82, 2.24) is 0 Å². The average Bonchev–Trinajstić information content (AvgIpc) is 2.91. The fraction of sp³-hybridized carbons (Fsp3) is 0.842. The Morgan fingerprint density at radius 3 is 2.57 bits per heavy atom. The first kappa shape index (κ1) is 15.1. The van der Waals surface area contributed by atoms with Gasteiger partial charge in [0.2, 0.25) is 0 Å². The molecule has 1 spiro atoms. The lowest BCUT2D eigenvalue weighted by atomic mass is 9.70. The highest BCUT2D eigenvalue weighted by molar-refractivity contribution is 5.76.